The standard InChI is InChI=1S/C23H35N3O2/c1-4-22(27)19-8-9-20-16-25(12-6-5-7-18(20)15-19)17-23(28)26-13-10-21(11-14-26)24(2)3/h8-9,15,21H,4-7,10-14,16-17H2,1-3H3. The normalized spacial score (nSPS) is 19.2. The van der Waals surface area contributed by atoms with Crippen molar-refractivity contribution in [2.75, 3.05) is 40.3 Å². The predicted molar refractivity (Wildman–Crippen MR) is 113 cm³/mol. The first-order chi connectivity index (χ1) is 13.5. The Bertz CT molecular complexity index is 693. The van der Waals surface area contributed by atoms with Crippen LogP contribution < -0.4 is 0 Å². The van der Waals surface area contributed by atoms with Crippen LogP contribution in [0.15, 0.2) is 18.2 Å². The van der Waals surface area contributed by atoms with Gasteiger partial charge >= 0.3 is 0 Å². The van der Waals surface area contributed by atoms with Crippen LogP contribution in [0.3, 0.4) is 0 Å². The molecule has 5 nitrogen and oxygen atoms in total. The highest BCUT2D eigenvalue weighted by Crippen LogP contribution is 2.21. The van der Waals surface area contributed by atoms with Crippen LogP contribution >= 0.6 is 0 Å². The molecule has 1 aromatic rings. The molecular weight excluding hydrogens is 350 g/mol. The van der Waals surface area contributed by atoms with E-state index in [9.17, 15) is 9.59 Å². The fourth-order valence-electron chi connectivity index (χ4n) is 4.42. The Morgan fingerprint density at radius 1 is 1.07 bits per heavy atom. The third kappa shape index (κ3) is 5.21. The van der Waals surface area contributed by atoms with Crippen molar-refractivity contribution >= 4 is 11.7 Å². The predicted octanol–water partition coefficient (Wildman–Crippen LogP) is 2.97. The maximum Gasteiger partial charge on any atom is 0.236 e. The molecule has 0 spiro atoms. The number of carbonyl (C=O) groups excluding carboxylic acids is 2. The van der Waals surface area contributed by atoms with Crippen LogP contribution in [0.4, 0.5) is 0 Å². The van der Waals surface area contributed by atoms with Gasteiger partial charge in [-0.2, -0.15) is 0 Å². The van der Waals surface area contributed by atoms with Crippen LogP contribution in [0.1, 0.15) is 60.5 Å². The molecular formula is C23H35N3O2. The Labute approximate surface area is 169 Å². The van der Waals surface area contributed by atoms with Crippen LogP contribution in [0.5, 0.6) is 0 Å². The number of aryl methyl sites for hydroxylation is 1. The number of piperidine rings is 1. The zero-order chi connectivity index (χ0) is 20.1. The van der Waals surface area contributed by atoms with E-state index in [2.05, 4.69) is 36.0 Å². The zero-order valence-electron chi connectivity index (χ0n) is 17.7. The van der Waals surface area contributed by atoms with Crippen LogP contribution in [0, 0.1) is 0 Å². The number of rotatable bonds is 5. The first-order valence-corrected chi connectivity index (χ1v) is 10.8. The SMILES string of the molecule is CCC(=O)c1ccc2c(c1)CCCCN(CC(=O)N1CCC(N(C)C)CC1)C2. The number of Topliss-reactive ketones (excluding diaryl/α,β-unsaturated/α-hetero) is 1. The lowest BCUT2D eigenvalue weighted by molar-refractivity contribution is -0.134. The number of fused-ring (bicyclic) bond motifs is 1. The summed E-state index contributed by atoms with van der Waals surface area (Å²) in [6, 6.07) is 6.73. The molecule has 0 unspecified atom stereocenters. The van der Waals surface area contributed by atoms with E-state index in [-0.39, 0.29) is 11.7 Å². The molecule has 0 radical (unpaired) electrons. The smallest absolute Gasteiger partial charge is 0.236 e. The molecule has 28 heavy (non-hydrogen) atoms. The van der Waals surface area contributed by atoms with Gasteiger partial charge in [-0.3, -0.25) is 14.5 Å². The van der Waals surface area contributed by atoms with Crippen molar-refractivity contribution in [3.8, 4) is 0 Å². The van der Waals surface area contributed by atoms with Gasteiger partial charge in [-0.1, -0.05) is 19.1 Å². The van der Waals surface area contributed by atoms with E-state index in [0.29, 0.717) is 19.0 Å². The Morgan fingerprint density at radius 2 is 1.82 bits per heavy atom. The molecule has 1 aromatic carbocycles. The Morgan fingerprint density at radius 3 is 2.50 bits per heavy atom. The molecule has 3 rings (SSSR count). The summed E-state index contributed by atoms with van der Waals surface area (Å²) < 4.78 is 0. The van der Waals surface area contributed by atoms with Gasteiger partial charge in [0.15, 0.2) is 5.78 Å². The number of ketones is 1. The van der Waals surface area contributed by atoms with E-state index >= 15 is 0 Å². The molecule has 0 atom stereocenters. The topological polar surface area (TPSA) is 43.9 Å². The van der Waals surface area contributed by atoms with E-state index in [1.54, 1.807) is 0 Å². The Kier molecular flexibility index (Phi) is 7.24. The number of amides is 1. The average Bonchev–Trinajstić information content (AvgIpc) is 2.69. The minimum atomic E-state index is 0.207. The van der Waals surface area contributed by atoms with Crippen molar-refractivity contribution < 1.29 is 9.59 Å². The second kappa shape index (κ2) is 9.66. The summed E-state index contributed by atoms with van der Waals surface area (Å²) in [6.07, 6.45) is 5.91. The molecule has 154 valence electrons. The fourth-order valence-corrected chi connectivity index (χ4v) is 4.42. The van der Waals surface area contributed by atoms with Gasteiger partial charge in [0.05, 0.1) is 6.54 Å². The fraction of sp³-hybridized carbons (Fsp3) is 0.652. The summed E-state index contributed by atoms with van der Waals surface area (Å²) in [7, 11) is 4.25. The highest BCUT2D eigenvalue weighted by molar-refractivity contribution is 5.96. The van der Waals surface area contributed by atoms with E-state index in [0.717, 1.165) is 63.8 Å². The monoisotopic (exact) mass is 385 g/mol. The first-order valence-electron chi connectivity index (χ1n) is 10.8. The van der Waals surface area contributed by atoms with Gasteiger partial charge in [-0.25, -0.2) is 0 Å². The quantitative estimate of drug-likeness (QED) is 0.731. The second-order valence-electron chi connectivity index (χ2n) is 8.50. The minimum absolute atomic E-state index is 0.207. The highest BCUT2D eigenvalue weighted by Gasteiger charge is 2.25. The average molecular weight is 386 g/mol. The van der Waals surface area contributed by atoms with Crippen LogP contribution in [0.25, 0.3) is 0 Å². The molecule has 1 fully saturated rings. The lowest BCUT2D eigenvalue weighted by atomic mass is 9.95. The Hall–Kier alpha value is -1.72. The summed E-state index contributed by atoms with van der Waals surface area (Å²) in [5, 5.41) is 0. The lowest BCUT2D eigenvalue weighted by Gasteiger charge is -2.36. The maximum atomic E-state index is 12.9. The van der Waals surface area contributed by atoms with Crippen molar-refractivity contribution in [3.63, 3.8) is 0 Å². The van der Waals surface area contributed by atoms with Gasteiger partial charge in [-0.05, 0) is 69.9 Å². The molecule has 0 aliphatic carbocycles. The number of carbonyl (C=O) groups is 2. The molecule has 5 heteroatoms. The van der Waals surface area contributed by atoms with Crippen LogP contribution in [-0.2, 0) is 17.8 Å². The number of likely N-dealkylation sites (tertiary alicyclic amines) is 1. The summed E-state index contributed by atoms with van der Waals surface area (Å²) in [6.45, 7) is 5.92. The number of hydrogen-bond acceptors (Lipinski definition) is 4. The summed E-state index contributed by atoms with van der Waals surface area (Å²) >= 11 is 0. The van der Waals surface area contributed by atoms with Gasteiger partial charge in [0, 0.05) is 37.7 Å². The first kappa shape index (κ1) is 21.0. The van der Waals surface area contributed by atoms with Gasteiger partial charge in [0.25, 0.3) is 0 Å². The van der Waals surface area contributed by atoms with Crippen molar-refractivity contribution in [3.05, 3.63) is 34.9 Å². The van der Waals surface area contributed by atoms with E-state index in [1.807, 2.05) is 17.9 Å². The summed E-state index contributed by atoms with van der Waals surface area (Å²) in [5.41, 5.74) is 3.38. The molecule has 1 saturated heterocycles. The van der Waals surface area contributed by atoms with Gasteiger partial charge in [-0.15, -0.1) is 0 Å². The molecule has 2 aliphatic heterocycles. The van der Waals surface area contributed by atoms with Gasteiger partial charge in [0.2, 0.25) is 5.91 Å². The van der Waals surface area contributed by atoms with E-state index in [4.69, 9.17) is 0 Å². The second-order valence-corrected chi connectivity index (χ2v) is 8.50. The third-order valence-corrected chi connectivity index (χ3v) is 6.32. The molecule has 0 saturated carbocycles. The van der Waals surface area contributed by atoms with Crippen molar-refractivity contribution in [2.45, 2.75) is 58.0 Å². The zero-order valence-corrected chi connectivity index (χ0v) is 17.7. The van der Waals surface area contributed by atoms with Crippen molar-refractivity contribution in [1.82, 2.24) is 14.7 Å². The van der Waals surface area contributed by atoms with Crippen LogP contribution in [0.2, 0.25) is 0 Å². The number of hydrogen-bond donors (Lipinski definition) is 0. The number of nitrogens with zero attached hydrogens (tertiary/aromatic N) is 3. The van der Waals surface area contributed by atoms with E-state index < -0.39 is 0 Å². The lowest BCUT2D eigenvalue weighted by Crippen LogP contribution is -2.47. The Balaban J connectivity index is 1.62. The van der Waals surface area contributed by atoms with Gasteiger partial charge in [0.1, 0.15) is 0 Å². The maximum absolute atomic E-state index is 12.9. The minimum Gasteiger partial charge on any atom is -0.341 e. The highest BCUT2D eigenvalue weighted by atomic mass is 16.2. The number of benzene rings is 1. The molecule has 1 amide bonds. The molecule has 0 N–H and O–H groups in total. The molecule has 0 aromatic heterocycles. The van der Waals surface area contributed by atoms with Gasteiger partial charge < -0.3 is 9.80 Å². The van der Waals surface area contributed by atoms with Crippen LogP contribution in [-0.4, -0.2) is 72.7 Å². The largest absolute Gasteiger partial charge is 0.341 e. The summed E-state index contributed by atoms with van der Waals surface area (Å²) in [4.78, 5) is 31.5. The van der Waals surface area contributed by atoms with Crippen molar-refractivity contribution in [1.29, 1.82) is 0 Å². The molecule has 2 aliphatic rings. The van der Waals surface area contributed by atoms with Crippen molar-refractivity contribution in [2.24, 2.45) is 0 Å². The van der Waals surface area contributed by atoms with E-state index in [1.165, 1.54) is 11.1 Å². The third-order valence-electron chi connectivity index (χ3n) is 6.32. The molecule has 2 heterocycles. The molecule has 0 bridgehead atoms. The summed E-state index contributed by atoms with van der Waals surface area (Å²) in [5.74, 6) is 0.468.